The molecule has 0 unspecified atom stereocenters. The summed E-state index contributed by atoms with van der Waals surface area (Å²) in [7, 11) is 0. The standard InChI is InChI=1S/C13H10ClNO4/c14-12-10(4-5-19-12)13(18)15-9-3-1-2-8(6-9)7-11(16)17/h1-6H,7H2,(H,15,18)(H,16,17). The third-order valence-electron chi connectivity index (χ3n) is 2.40. The Morgan fingerprint density at radius 3 is 2.74 bits per heavy atom. The molecule has 0 aliphatic rings. The lowest BCUT2D eigenvalue weighted by Gasteiger charge is -2.05. The topological polar surface area (TPSA) is 79.5 Å². The molecule has 0 aliphatic carbocycles. The third kappa shape index (κ3) is 3.35. The van der Waals surface area contributed by atoms with Gasteiger partial charge in [-0.3, -0.25) is 9.59 Å². The number of carbonyl (C=O) groups excluding carboxylic acids is 1. The Morgan fingerprint density at radius 2 is 2.11 bits per heavy atom. The van der Waals surface area contributed by atoms with Crippen LogP contribution in [-0.4, -0.2) is 17.0 Å². The van der Waals surface area contributed by atoms with E-state index >= 15 is 0 Å². The Labute approximate surface area is 113 Å². The van der Waals surface area contributed by atoms with E-state index < -0.39 is 11.9 Å². The van der Waals surface area contributed by atoms with Crippen LogP contribution in [0, 0.1) is 0 Å². The van der Waals surface area contributed by atoms with Gasteiger partial charge in [0.2, 0.25) is 5.22 Å². The maximum Gasteiger partial charge on any atom is 0.307 e. The molecule has 0 saturated heterocycles. The fourth-order valence-corrected chi connectivity index (χ4v) is 1.79. The largest absolute Gasteiger partial charge is 0.481 e. The van der Waals surface area contributed by atoms with Crippen LogP contribution in [0.25, 0.3) is 0 Å². The average Bonchev–Trinajstić information content (AvgIpc) is 2.75. The molecule has 2 aromatic rings. The van der Waals surface area contributed by atoms with Crippen molar-refractivity contribution in [3.8, 4) is 0 Å². The molecule has 1 heterocycles. The number of anilines is 1. The van der Waals surface area contributed by atoms with Gasteiger partial charge < -0.3 is 14.8 Å². The van der Waals surface area contributed by atoms with E-state index in [1.54, 1.807) is 24.3 Å². The van der Waals surface area contributed by atoms with Crippen LogP contribution in [0.1, 0.15) is 15.9 Å². The normalized spacial score (nSPS) is 10.2. The van der Waals surface area contributed by atoms with Crippen LogP contribution in [0.4, 0.5) is 5.69 Å². The molecule has 19 heavy (non-hydrogen) atoms. The van der Waals surface area contributed by atoms with Gasteiger partial charge in [0.15, 0.2) is 0 Å². The molecule has 1 amide bonds. The molecule has 0 fully saturated rings. The first-order chi connectivity index (χ1) is 9.06. The maximum atomic E-state index is 11.9. The Kier molecular flexibility index (Phi) is 3.87. The number of carboxylic acid groups (broad SMARTS) is 1. The molecule has 5 nitrogen and oxygen atoms in total. The van der Waals surface area contributed by atoms with Gasteiger partial charge in [-0.2, -0.15) is 0 Å². The highest BCUT2D eigenvalue weighted by molar-refractivity contribution is 6.32. The van der Waals surface area contributed by atoms with Crippen molar-refractivity contribution in [3.05, 3.63) is 52.9 Å². The molecule has 0 atom stereocenters. The van der Waals surface area contributed by atoms with E-state index in [2.05, 4.69) is 5.32 Å². The number of nitrogens with one attached hydrogen (secondary N) is 1. The predicted molar refractivity (Wildman–Crippen MR) is 69.5 cm³/mol. The summed E-state index contributed by atoms with van der Waals surface area (Å²) in [6.07, 6.45) is 1.22. The second-order valence-corrected chi connectivity index (χ2v) is 4.18. The summed E-state index contributed by atoms with van der Waals surface area (Å²) < 4.78 is 4.83. The van der Waals surface area contributed by atoms with Gasteiger partial charge in [0.05, 0.1) is 18.2 Å². The monoisotopic (exact) mass is 279 g/mol. The van der Waals surface area contributed by atoms with Crippen LogP contribution in [-0.2, 0) is 11.2 Å². The maximum absolute atomic E-state index is 11.9. The number of carboxylic acids is 1. The molecule has 0 radical (unpaired) electrons. The summed E-state index contributed by atoms with van der Waals surface area (Å²) in [5, 5.41) is 11.3. The zero-order valence-corrected chi connectivity index (χ0v) is 10.5. The van der Waals surface area contributed by atoms with Gasteiger partial charge in [-0.25, -0.2) is 0 Å². The van der Waals surface area contributed by atoms with Crippen molar-refractivity contribution < 1.29 is 19.1 Å². The van der Waals surface area contributed by atoms with Crippen LogP contribution in [0.15, 0.2) is 41.0 Å². The fourth-order valence-electron chi connectivity index (χ4n) is 1.59. The van der Waals surface area contributed by atoms with Gasteiger partial charge in [0.25, 0.3) is 5.91 Å². The van der Waals surface area contributed by atoms with E-state index in [0.717, 1.165) is 0 Å². The summed E-state index contributed by atoms with van der Waals surface area (Å²) in [6.45, 7) is 0. The van der Waals surface area contributed by atoms with E-state index in [0.29, 0.717) is 11.3 Å². The van der Waals surface area contributed by atoms with Crippen molar-refractivity contribution in [2.24, 2.45) is 0 Å². The molecule has 1 aromatic heterocycles. The summed E-state index contributed by atoms with van der Waals surface area (Å²) >= 11 is 5.70. The lowest BCUT2D eigenvalue weighted by Crippen LogP contribution is -2.11. The number of hydrogen-bond acceptors (Lipinski definition) is 3. The predicted octanol–water partition coefficient (Wildman–Crippen LogP) is 2.81. The van der Waals surface area contributed by atoms with Crippen molar-refractivity contribution >= 4 is 29.2 Å². The molecule has 98 valence electrons. The summed E-state index contributed by atoms with van der Waals surface area (Å²) in [5.74, 6) is -1.34. The lowest BCUT2D eigenvalue weighted by atomic mass is 10.1. The molecule has 0 saturated carbocycles. The van der Waals surface area contributed by atoms with Crippen LogP contribution in [0.2, 0.25) is 5.22 Å². The quantitative estimate of drug-likeness (QED) is 0.902. The molecule has 0 aliphatic heterocycles. The zero-order chi connectivity index (χ0) is 13.8. The van der Waals surface area contributed by atoms with Gasteiger partial charge in [-0.1, -0.05) is 12.1 Å². The van der Waals surface area contributed by atoms with E-state index in [1.807, 2.05) is 0 Å². The SMILES string of the molecule is O=C(O)Cc1cccc(NC(=O)c2ccoc2Cl)c1. The van der Waals surface area contributed by atoms with E-state index in [4.69, 9.17) is 21.1 Å². The second-order valence-electron chi connectivity index (χ2n) is 3.83. The Bertz CT molecular complexity index is 621. The van der Waals surface area contributed by atoms with Crippen LogP contribution in [0.3, 0.4) is 0 Å². The first-order valence-corrected chi connectivity index (χ1v) is 5.79. The second kappa shape index (κ2) is 5.58. The van der Waals surface area contributed by atoms with E-state index in [-0.39, 0.29) is 17.2 Å². The highest BCUT2D eigenvalue weighted by atomic mass is 35.5. The molecule has 6 heteroatoms. The molecular weight excluding hydrogens is 270 g/mol. The highest BCUT2D eigenvalue weighted by Gasteiger charge is 2.13. The van der Waals surface area contributed by atoms with Gasteiger partial charge >= 0.3 is 5.97 Å². The van der Waals surface area contributed by atoms with Gasteiger partial charge in [0.1, 0.15) is 0 Å². The van der Waals surface area contributed by atoms with E-state index in [1.165, 1.54) is 12.3 Å². The van der Waals surface area contributed by atoms with Gasteiger partial charge in [-0.05, 0) is 35.4 Å². The minimum absolute atomic E-state index is 0.0131. The van der Waals surface area contributed by atoms with Crippen molar-refractivity contribution in [2.75, 3.05) is 5.32 Å². The average molecular weight is 280 g/mol. The summed E-state index contributed by atoms with van der Waals surface area (Å²) in [6, 6.07) is 8.06. The molecule has 2 N–H and O–H groups in total. The van der Waals surface area contributed by atoms with Crippen LogP contribution in [0.5, 0.6) is 0 Å². The number of amides is 1. The molecule has 0 spiro atoms. The first kappa shape index (κ1) is 13.2. The van der Waals surface area contributed by atoms with Crippen molar-refractivity contribution in [3.63, 3.8) is 0 Å². The Balaban J connectivity index is 2.13. The fraction of sp³-hybridized carbons (Fsp3) is 0.0769. The number of rotatable bonds is 4. The summed E-state index contributed by atoms with van der Waals surface area (Å²) in [4.78, 5) is 22.5. The summed E-state index contributed by atoms with van der Waals surface area (Å²) in [5.41, 5.74) is 1.33. The van der Waals surface area contributed by atoms with Crippen LogP contribution >= 0.6 is 11.6 Å². The Morgan fingerprint density at radius 1 is 1.32 bits per heavy atom. The molecule has 2 rings (SSSR count). The lowest BCUT2D eigenvalue weighted by molar-refractivity contribution is -0.136. The first-order valence-electron chi connectivity index (χ1n) is 5.41. The number of furan rings is 1. The van der Waals surface area contributed by atoms with Gasteiger partial charge in [0, 0.05) is 5.69 Å². The van der Waals surface area contributed by atoms with Crippen LogP contribution < -0.4 is 5.32 Å². The Hall–Kier alpha value is -2.27. The van der Waals surface area contributed by atoms with Gasteiger partial charge in [-0.15, -0.1) is 0 Å². The number of aliphatic carboxylic acids is 1. The van der Waals surface area contributed by atoms with Crippen molar-refractivity contribution in [2.45, 2.75) is 6.42 Å². The minimum Gasteiger partial charge on any atom is -0.481 e. The highest BCUT2D eigenvalue weighted by Crippen LogP contribution is 2.19. The number of carbonyl (C=O) groups is 2. The smallest absolute Gasteiger partial charge is 0.307 e. The third-order valence-corrected chi connectivity index (χ3v) is 2.70. The molecular formula is C13H10ClNO4. The van der Waals surface area contributed by atoms with Crippen molar-refractivity contribution in [1.82, 2.24) is 0 Å². The minimum atomic E-state index is -0.929. The van der Waals surface area contributed by atoms with Crippen molar-refractivity contribution in [1.29, 1.82) is 0 Å². The number of benzene rings is 1. The molecule has 1 aromatic carbocycles. The zero-order valence-electron chi connectivity index (χ0n) is 9.72. The van der Waals surface area contributed by atoms with E-state index in [9.17, 15) is 9.59 Å². The number of hydrogen-bond donors (Lipinski definition) is 2. The number of halogens is 1. The molecule has 0 bridgehead atoms.